The van der Waals surface area contributed by atoms with Crippen molar-refractivity contribution in [3.8, 4) is 0 Å². The molecule has 122 valence electrons. The standard InChI is InChI=1S/C19H35NO/c1-4-19(2,3)15-10-11-18(21)17(13-15)20-12-6-8-14-7-5-9-16(14)20/h14-18,21H,4-13H2,1-3H3. The predicted octanol–water partition coefficient (Wildman–Crippen LogP) is 4.22. The summed E-state index contributed by atoms with van der Waals surface area (Å²) < 4.78 is 0. The Bertz CT molecular complexity index is 353. The third-order valence-corrected chi connectivity index (χ3v) is 7.26. The van der Waals surface area contributed by atoms with Crippen LogP contribution in [0, 0.1) is 17.3 Å². The summed E-state index contributed by atoms with van der Waals surface area (Å²) in [5.41, 5.74) is 0.434. The van der Waals surface area contributed by atoms with E-state index in [1.165, 1.54) is 57.9 Å². The summed E-state index contributed by atoms with van der Waals surface area (Å²) in [4.78, 5) is 2.75. The van der Waals surface area contributed by atoms with Crippen molar-refractivity contribution in [1.82, 2.24) is 4.90 Å². The van der Waals surface area contributed by atoms with E-state index in [4.69, 9.17) is 0 Å². The van der Waals surface area contributed by atoms with Crippen LogP contribution in [0.3, 0.4) is 0 Å². The molecule has 3 rings (SSSR count). The molecule has 5 unspecified atom stereocenters. The van der Waals surface area contributed by atoms with Crippen LogP contribution in [0.4, 0.5) is 0 Å². The molecule has 0 bridgehead atoms. The first kappa shape index (κ1) is 15.8. The van der Waals surface area contributed by atoms with Gasteiger partial charge in [0, 0.05) is 12.1 Å². The lowest BCUT2D eigenvalue weighted by Gasteiger charge is -2.50. The lowest BCUT2D eigenvalue weighted by atomic mass is 9.67. The minimum Gasteiger partial charge on any atom is -0.391 e. The van der Waals surface area contributed by atoms with Crippen LogP contribution in [0.2, 0.25) is 0 Å². The van der Waals surface area contributed by atoms with Gasteiger partial charge in [0.05, 0.1) is 6.10 Å². The molecule has 0 aromatic carbocycles. The Kier molecular flexibility index (Phi) is 4.66. The summed E-state index contributed by atoms with van der Waals surface area (Å²) in [6, 6.07) is 1.24. The Hall–Kier alpha value is -0.0800. The van der Waals surface area contributed by atoms with E-state index in [0.717, 1.165) is 24.3 Å². The molecule has 0 aromatic rings. The third kappa shape index (κ3) is 3.03. The van der Waals surface area contributed by atoms with E-state index >= 15 is 0 Å². The maximum absolute atomic E-state index is 10.7. The van der Waals surface area contributed by atoms with Gasteiger partial charge in [-0.3, -0.25) is 4.90 Å². The Balaban J connectivity index is 1.73. The molecule has 2 heteroatoms. The summed E-state index contributed by atoms with van der Waals surface area (Å²) in [7, 11) is 0. The van der Waals surface area contributed by atoms with Gasteiger partial charge in [0.25, 0.3) is 0 Å². The molecule has 3 fully saturated rings. The number of fused-ring (bicyclic) bond motifs is 1. The van der Waals surface area contributed by atoms with Crippen LogP contribution in [0.15, 0.2) is 0 Å². The van der Waals surface area contributed by atoms with E-state index in [9.17, 15) is 5.11 Å². The largest absolute Gasteiger partial charge is 0.391 e. The topological polar surface area (TPSA) is 23.5 Å². The van der Waals surface area contributed by atoms with Crippen molar-refractivity contribution in [3.63, 3.8) is 0 Å². The number of aliphatic hydroxyl groups is 1. The van der Waals surface area contributed by atoms with E-state index in [0.29, 0.717) is 11.5 Å². The SMILES string of the molecule is CCC(C)(C)C1CCC(O)C(N2CCCC3CCCC32)C1. The summed E-state index contributed by atoms with van der Waals surface area (Å²) in [6.45, 7) is 8.43. The quantitative estimate of drug-likeness (QED) is 0.842. The zero-order chi connectivity index (χ0) is 15.0. The second-order valence-electron chi connectivity index (χ2n) is 8.63. The fourth-order valence-electron chi connectivity index (χ4n) is 5.39. The lowest BCUT2D eigenvalue weighted by Crippen LogP contribution is -2.55. The van der Waals surface area contributed by atoms with Gasteiger partial charge in [-0.1, -0.05) is 33.6 Å². The average molecular weight is 293 g/mol. The normalized spacial score (nSPS) is 42.0. The van der Waals surface area contributed by atoms with Gasteiger partial charge in [0.15, 0.2) is 0 Å². The zero-order valence-electron chi connectivity index (χ0n) is 14.4. The molecular weight excluding hydrogens is 258 g/mol. The second-order valence-corrected chi connectivity index (χ2v) is 8.63. The molecule has 0 aromatic heterocycles. The summed E-state index contributed by atoms with van der Waals surface area (Å²) in [5, 5.41) is 10.7. The van der Waals surface area contributed by atoms with Crippen LogP contribution in [0.5, 0.6) is 0 Å². The molecular formula is C19H35NO. The van der Waals surface area contributed by atoms with Gasteiger partial charge >= 0.3 is 0 Å². The minimum atomic E-state index is -0.0757. The fraction of sp³-hybridized carbons (Fsp3) is 1.00. The molecule has 21 heavy (non-hydrogen) atoms. The number of aliphatic hydroxyl groups excluding tert-OH is 1. The maximum atomic E-state index is 10.7. The summed E-state index contributed by atoms with van der Waals surface area (Å²) >= 11 is 0. The highest BCUT2D eigenvalue weighted by molar-refractivity contribution is 4.98. The first-order valence-corrected chi connectivity index (χ1v) is 9.46. The molecule has 0 amide bonds. The zero-order valence-corrected chi connectivity index (χ0v) is 14.4. The van der Waals surface area contributed by atoms with Crippen molar-refractivity contribution < 1.29 is 5.11 Å². The van der Waals surface area contributed by atoms with Gasteiger partial charge < -0.3 is 5.11 Å². The molecule has 0 spiro atoms. The molecule has 1 N–H and O–H groups in total. The van der Waals surface area contributed by atoms with Crippen molar-refractivity contribution >= 4 is 0 Å². The lowest BCUT2D eigenvalue weighted by molar-refractivity contribution is -0.0534. The van der Waals surface area contributed by atoms with Gasteiger partial charge in [-0.2, -0.15) is 0 Å². The monoisotopic (exact) mass is 293 g/mol. The van der Waals surface area contributed by atoms with Crippen molar-refractivity contribution in [3.05, 3.63) is 0 Å². The number of hydrogen-bond donors (Lipinski definition) is 1. The molecule has 3 aliphatic rings. The van der Waals surface area contributed by atoms with Crippen molar-refractivity contribution in [1.29, 1.82) is 0 Å². The van der Waals surface area contributed by atoms with E-state index in [1.807, 2.05) is 0 Å². The Labute approximate surface area is 131 Å². The number of piperidine rings is 1. The Morgan fingerprint density at radius 3 is 2.52 bits per heavy atom. The number of nitrogens with zero attached hydrogens (tertiary/aromatic N) is 1. The van der Waals surface area contributed by atoms with Crippen molar-refractivity contribution in [2.75, 3.05) is 6.54 Å². The molecule has 1 heterocycles. The van der Waals surface area contributed by atoms with Crippen molar-refractivity contribution in [2.24, 2.45) is 17.3 Å². The van der Waals surface area contributed by atoms with Gasteiger partial charge in [0.2, 0.25) is 0 Å². The summed E-state index contributed by atoms with van der Waals surface area (Å²) in [5.74, 6) is 1.73. The fourth-order valence-corrected chi connectivity index (χ4v) is 5.39. The van der Waals surface area contributed by atoms with Crippen LogP contribution in [0.25, 0.3) is 0 Å². The first-order valence-electron chi connectivity index (χ1n) is 9.46. The second kappa shape index (κ2) is 6.20. The summed E-state index contributed by atoms with van der Waals surface area (Å²) in [6.07, 6.45) is 11.7. The highest BCUT2D eigenvalue weighted by atomic mass is 16.3. The molecule has 2 nitrogen and oxygen atoms in total. The molecule has 0 radical (unpaired) electrons. The maximum Gasteiger partial charge on any atom is 0.0695 e. The van der Waals surface area contributed by atoms with Gasteiger partial charge in [-0.15, -0.1) is 0 Å². The van der Waals surface area contributed by atoms with Crippen molar-refractivity contribution in [2.45, 2.75) is 96.7 Å². The van der Waals surface area contributed by atoms with Crippen LogP contribution in [0.1, 0.15) is 78.6 Å². The van der Waals surface area contributed by atoms with Crippen LogP contribution < -0.4 is 0 Å². The van der Waals surface area contributed by atoms with Crippen LogP contribution >= 0.6 is 0 Å². The highest BCUT2D eigenvalue weighted by Gasteiger charge is 2.44. The Morgan fingerprint density at radius 1 is 1.00 bits per heavy atom. The molecule has 5 atom stereocenters. The van der Waals surface area contributed by atoms with E-state index in [1.54, 1.807) is 0 Å². The third-order valence-electron chi connectivity index (χ3n) is 7.26. The molecule has 1 aliphatic heterocycles. The van der Waals surface area contributed by atoms with Crippen LogP contribution in [-0.2, 0) is 0 Å². The van der Waals surface area contributed by atoms with Gasteiger partial charge in [0.1, 0.15) is 0 Å². The van der Waals surface area contributed by atoms with E-state index in [2.05, 4.69) is 25.7 Å². The number of hydrogen-bond acceptors (Lipinski definition) is 2. The number of rotatable bonds is 3. The van der Waals surface area contributed by atoms with Gasteiger partial charge in [-0.05, 0) is 68.7 Å². The first-order chi connectivity index (χ1) is 10.0. The van der Waals surface area contributed by atoms with Gasteiger partial charge in [-0.25, -0.2) is 0 Å². The smallest absolute Gasteiger partial charge is 0.0695 e. The number of likely N-dealkylation sites (tertiary alicyclic amines) is 1. The molecule has 2 aliphatic carbocycles. The molecule has 1 saturated heterocycles. The average Bonchev–Trinajstić information content (AvgIpc) is 2.96. The minimum absolute atomic E-state index is 0.0757. The molecule has 2 saturated carbocycles. The predicted molar refractivity (Wildman–Crippen MR) is 88.3 cm³/mol. The van der Waals surface area contributed by atoms with Crippen LogP contribution in [-0.4, -0.2) is 34.7 Å². The van der Waals surface area contributed by atoms with E-state index < -0.39 is 0 Å². The highest BCUT2D eigenvalue weighted by Crippen LogP contribution is 2.45. The van der Waals surface area contributed by atoms with E-state index in [-0.39, 0.29) is 6.10 Å². The Morgan fingerprint density at radius 2 is 1.76 bits per heavy atom.